The van der Waals surface area contributed by atoms with Gasteiger partial charge in [-0.15, -0.1) is 0 Å². The van der Waals surface area contributed by atoms with Crippen LogP contribution in [0.2, 0.25) is 0 Å². The van der Waals surface area contributed by atoms with E-state index in [2.05, 4.69) is 13.8 Å². The minimum Gasteiger partial charge on any atom is -0.461 e. The maximum atomic E-state index is 11.9. The summed E-state index contributed by atoms with van der Waals surface area (Å²) in [6.07, 6.45) is 10.5. The molecule has 4 aliphatic carbocycles. The van der Waals surface area contributed by atoms with E-state index < -0.39 is 0 Å². The van der Waals surface area contributed by atoms with Gasteiger partial charge in [-0.25, -0.2) is 0 Å². The fourth-order valence-corrected chi connectivity index (χ4v) is 6.91. The van der Waals surface area contributed by atoms with Crippen molar-refractivity contribution in [3.8, 4) is 0 Å². The zero-order valence-corrected chi connectivity index (χ0v) is 15.6. The first-order valence-electron chi connectivity index (χ1n) is 10.0. The summed E-state index contributed by atoms with van der Waals surface area (Å²) >= 11 is 0. The molecule has 6 atom stereocenters. The second-order valence-electron chi connectivity index (χ2n) is 9.27. The molecule has 0 bridgehead atoms. The van der Waals surface area contributed by atoms with Crippen molar-refractivity contribution in [2.45, 2.75) is 71.3 Å². The third kappa shape index (κ3) is 2.51. The highest BCUT2D eigenvalue weighted by molar-refractivity contribution is 5.91. The molecule has 0 radical (unpaired) electrons. The van der Waals surface area contributed by atoms with Gasteiger partial charge in [0.25, 0.3) is 0 Å². The average Bonchev–Trinajstić information content (AvgIpc) is 2.92. The molecule has 25 heavy (non-hydrogen) atoms. The largest absolute Gasteiger partial charge is 0.461 e. The molecule has 0 aromatic carbocycles. The second-order valence-corrected chi connectivity index (χ2v) is 9.27. The molecule has 6 unspecified atom stereocenters. The summed E-state index contributed by atoms with van der Waals surface area (Å²) in [6, 6.07) is 0. The standard InChI is InChI=1S/C21H31NO3/c1-20-9-7-14(23)11-13(20)3-4-15-16-5-6-18(25-19(24)12-22)21(16,2)10-8-17(15)20/h11,15-18H,3-10,12,22H2,1-2H3. The molecule has 0 spiro atoms. The summed E-state index contributed by atoms with van der Waals surface area (Å²) in [4.78, 5) is 23.6. The Morgan fingerprint density at radius 1 is 1.16 bits per heavy atom. The van der Waals surface area contributed by atoms with Crippen molar-refractivity contribution in [2.24, 2.45) is 34.3 Å². The second kappa shape index (κ2) is 5.94. The predicted molar refractivity (Wildman–Crippen MR) is 95.6 cm³/mol. The summed E-state index contributed by atoms with van der Waals surface area (Å²) in [7, 11) is 0. The van der Waals surface area contributed by atoms with Crippen LogP contribution >= 0.6 is 0 Å². The number of hydrogen-bond acceptors (Lipinski definition) is 4. The van der Waals surface area contributed by atoms with Crippen LogP contribution in [0.15, 0.2) is 11.6 Å². The Morgan fingerprint density at radius 2 is 1.96 bits per heavy atom. The molecule has 0 amide bonds. The third-order valence-corrected chi connectivity index (χ3v) is 8.32. The molecular formula is C21H31NO3. The van der Waals surface area contributed by atoms with Gasteiger partial charge in [0.05, 0.1) is 6.54 Å². The van der Waals surface area contributed by atoms with E-state index in [4.69, 9.17) is 10.5 Å². The number of carbonyl (C=O) groups is 2. The minimum absolute atomic E-state index is 0.0243. The van der Waals surface area contributed by atoms with Gasteiger partial charge in [0.2, 0.25) is 0 Å². The van der Waals surface area contributed by atoms with Crippen LogP contribution in [-0.2, 0) is 14.3 Å². The lowest BCUT2D eigenvalue weighted by molar-refractivity contribution is -0.158. The molecule has 3 saturated carbocycles. The number of ether oxygens (including phenoxy) is 1. The Kier molecular flexibility index (Phi) is 4.10. The average molecular weight is 345 g/mol. The summed E-state index contributed by atoms with van der Waals surface area (Å²) in [5.41, 5.74) is 7.19. The van der Waals surface area contributed by atoms with E-state index in [1.807, 2.05) is 6.08 Å². The lowest BCUT2D eigenvalue weighted by Gasteiger charge is -2.57. The maximum absolute atomic E-state index is 11.9. The van der Waals surface area contributed by atoms with Crippen molar-refractivity contribution in [2.75, 3.05) is 6.54 Å². The first-order valence-corrected chi connectivity index (χ1v) is 10.0. The van der Waals surface area contributed by atoms with Gasteiger partial charge in [0, 0.05) is 11.8 Å². The van der Waals surface area contributed by atoms with E-state index in [0.29, 0.717) is 30.0 Å². The molecule has 4 nitrogen and oxygen atoms in total. The maximum Gasteiger partial charge on any atom is 0.319 e. The van der Waals surface area contributed by atoms with E-state index in [1.165, 1.54) is 18.4 Å². The summed E-state index contributed by atoms with van der Waals surface area (Å²) in [5.74, 6) is 2.08. The van der Waals surface area contributed by atoms with E-state index in [0.717, 1.165) is 32.1 Å². The minimum atomic E-state index is -0.263. The molecule has 3 fully saturated rings. The Labute approximate surface area is 150 Å². The molecule has 4 heteroatoms. The Balaban J connectivity index is 1.59. The number of ketones is 1. The zero-order chi connectivity index (χ0) is 17.8. The van der Waals surface area contributed by atoms with Gasteiger partial charge in [0.1, 0.15) is 6.10 Å². The van der Waals surface area contributed by atoms with Crippen molar-refractivity contribution in [3.63, 3.8) is 0 Å². The molecule has 4 aliphatic rings. The number of hydrogen-bond donors (Lipinski definition) is 1. The molecule has 0 aromatic heterocycles. The molecule has 138 valence electrons. The quantitative estimate of drug-likeness (QED) is 0.779. The van der Waals surface area contributed by atoms with Crippen LogP contribution in [0.5, 0.6) is 0 Å². The van der Waals surface area contributed by atoms with Crippen LogP contribution < -0.4 is 5.73 Å². The van der Waals surface area contributed by atoms with Gasteiger partial charge in [-0.1, -0.05) is 19.4 Å². The fourth-order valence-electron chi connectivity index (χ4n) is 6.91. The molecular weight excluding hydrogens is 314 g/mol. The lowest BCUT2D eigenvalue weighted by atomic mass is 9.47. The van der Waals surface area contributed by atoms with Gasteiger partial charge in [-0.05, 0) is 74.2 Å². The van der Waals surface area contributed by atoms with E-state index in [-0.39, 0.29) is 29.4 Å². The Hall–Kier alpha value is -1.16. The highest BCUT2D eigenvalue weighted by atomic mass is 16.5. The number of esters is 1. The Bertz CT molecular complexity index is 627. The molecule has 0 heterocycles. The molecule has 0 aliphatic heterocycles. The van der Waals surface area contributed by atoms with E-state index in [9.17, 15) is 9.59 Å². The van der Waals surface area contributed by atoms with Crippen molar-refractivity contribution < 1.29 is 14.3 Å². The number of carbonyl (C=O) groups excluding carboxylic acids is 2. The topological polar surface area (TPSA) is 69.4 Å². The highest BCUT2D eigenvalue weighted by Crippen LogP contribution is 2.65. The predicted octanol–water partition coefficient (Wildman–Crippen LogP) is 3.39. The summed E-state index contributed by atoms with van der Waals surface area (Å²) in [5, 5.41) is 0. The number of allylic oxidation sites excluding steroid dienone is 1. The van der Waals surface area contributed by atoms with Crippen LogP contribution in [0, 0.1) is 28.6 Å². The van der Waals surface area contributed by atoms with Gasteiger partial charge in [-0.3, -0.25) is 9.59 Å². The molecule has 4 rings (SSSR count). The van der Waals surface area contributed by atoms with Crippen LogP contribution in [-0.4, -0.2) is 24.4 Å². The normalized spacial score (nSPS) is 45.9. The van der Waals surface area contributed by atoms with Crippen molar-refractivity contribution in [1.82, 2.24) is 0 Å². The Morgan fingerprint density at radius 3 is 2.72 bits per heavy atom. The van der Waals surface area contributed by atoms with Crippen molar-refractivity contribution in [3.05, 3.63) is 11.6 Å². The summed E-state index contributed by atoms with van der Waals surface area (Å²) in [6.45, 7) is 4.72. The van der Waals surface area contributed by atoms with Crippen molar-refractivity contribution >= 4 is 11.8 Å². The zero-order valence-electron chi connectivity index (χ0n) is 15.6. The highest BCUT2D eigenvalue weighted by Gasteiger charge is 2.59. The van der Waals surface area contributed by atoms with Gasteiger partial charge in [-0.2, -0.15) is 0 Å². The third-order valence-electron chi connectivity index (χ3n) is 8.32. The van der Waals surface area contributed by atoms with Crippen LogP contribution in [0.1, 0.15) is 65.2 Å². The number of fused-ring (bicyclic) bond motifs is 5. The number of rotatable bonds is 2. The number of nitrogens with two attached hydrogens (primary N) is 1. The van der Waals surface area contributed by atoms with E-state index in [1.54, 1.807) is 0 Å². The fraction of sp³-hybridized carbons (Fsp3) is 0.810. The SMILES string of the molecule is CC12CCC(=O)C=C1CCC1C2CCC2(C)C(OC(=O)CN)CCC12. The molecule has 0 aromatic rings. The van der Waals surface area contributed by atoms with Crippen LogP contribution in [0.3, 0.4) is 0 Å². The first-order chi connectivity index (χ1) is 11.9. The molecule has 2 N–H and O–H groups in total. The van der Waals surface area contributed by atoms with Crippen LogP contribution in [0.25, 0.3) is 0 Å². The van der Waals surface area contributed by atoms with E-state index >= 15 is 0 Å². The molecule has 0 saturated heterocycles. The van der Waals surface area contributed by atoms with Gasteiger partial charge >= 0.3 is 5.97 Å². The monoisotopic (exact) mass is 345 g/mol. The smallest absolute Gasteiger partial charge is 0.319 e. The lowest BCUT2D eigenvalue weighted by Crippen LogP contribution is -2.51. The van der Waals surface area contributed by atoms with Gasteiger partial charge < -0.3 is 10.5 Å². The first kappa shape index (κ1) is 17.3. The van der Waals surface area contributed by atoms with Crippen LogP contribution in [0.4, 0.5) is 0 Å². The summed E-state index contributed by atoms with van der Waals surface area (Å²) < 4.78 is 5.74. The van der Waals surface area contributed by atoms with Gasteiger partial charge in [0.15, 0.2) is 5.78 Å². The van der Waals surface area contributed by atoms with Crippen molar-refractivity contribution in [1.29, 1.82) is 0 Å².